The van der Waals surface area contributed by atoms with Crippen molar-refractivity contribution in [1.29, 1.82) is 5.41 Å². The average Bonchev–Trinajstić information content (AvgIpc) is 2.27. The lowest BCUT2D eigenvalue weighted by atomic mass is 10.3. The van der Waals surface area contributed by atoms with E-state index in [1.165, 1.54) is 18.2 Å². The maximum Gasteiger partial charge on any atom is 0.405 e. The van der Waals surface area contributed by atoms with Gasteiger partial charge in [0.05, 0.1) is 6.61 Å². The van der Waals surface area contributed by atoms with E-state index < -0.39 is 19.3 Å². The van der Waals surface area contributed by atoms with Gasteiger partial charge in [-0.05, 0) is 12.1 Å². The van der Waals surface area contributed by atoms with E-state index in [9.17, 15) is 13.2 Å². The molecule has 1 rings (SSSR count). The van der Waals surface area contributed by atoms with Crippen LogP contribution in [0.5, 0.6) is 0 Å². The second kappa shape index (κ2) is 5.67. The van der Waals surface area contributed by atoms with Gasteiger partial charge in [0.25, 0.3) is 0 Å². The van der Waals surface area contributed by atoms with Crippen molar-refractivity contribution in [3.05, 3.63) is 23.9 Å². The molecule has 0 unspecified atom stereocenters. The number of amidine groups is 1. The number of aliphatic hydroxyl groups excluding tert-OH is 1. The molecule has 0 saturated heterocycles. The van der Waals surface area contributed by atoms with Crippen molar-refractivity contribution in [3.63, 3.8) is 0 Å². The summed E-state index contributed by atoms with van der Waals surface area (Å²) in [6.45, 7) is -1.85. The normalized spacial score (nSPS) is 11.3. The molecular weight excluding hydrogens is 249 g/mol. The van der Waals surface area contributed by atoms with Gasteiger partial charge in [0.1, 0.15) is 23.9 Å². The molecule has 8 heteroatoms. The summed E-state index contributed by atoms with van der Waals surface area (Å²) in [4.78, 5) is 4.72. The second-order valence-corrected chi connectivity index (χ2v) is 3.56. The van der Waals surface area contributed by atoms with Crippen molar-refractivity contribution in [1.82, 2.24) is 4.98 Å². The Bertz CT molecular complexity index is 422. The molecule has 0 aromatic carbocycles. The maximum atomic E-state index is 12.4. The number of hydrogen-bond acceptors (Lipinski definition) is 4. The van der Waals surface area contributed by atoms with Gasteiger partial charge in [-0.3, -0.25) is 5.41 Å². The summed E-state index contributed by atoms with van der Waals surface area (Å²) in [5, 5.41) is 15.9. The third-order valence-corrected chi connectivity index (χ3v) is 2.07. The fraction of sp³-hybridized carbons (Fsp3) is 0.400. The summed E-state index contributed by atoms with van der Waals surface area (Å²) in [5.41, 5.74) is 5.31. The van der Waals surface area contributed by atoms with Gasteiger partial charge in [0.15, 0.2) is 0 Å². The van der Waals surface area contributed by atoms with Crippen LogP contribution in [0.25, 0.3) is 0 Å². The molecule has 4 N–H and O–H groups in total. The van der Waals surface area contributed by atoms with Crippen LogP contribution in [-0.2, 0) is 0 Å². The van der Waals surface area contributed by atoms with E-state index in [1.54, 1.807) is 0 Å². The predicted octanol–water partition coefficient (Wildman–Crippen LogP) is 0.727. The monoisotopic (exact) mass is 262 g/mol. The molecule has 0 radical (unpaired) electrons. The van der Waals surface area contributed by atoms with E-state index in [0.717, 1.165) is 4.90 Å². The number of halogens is 3. The Morgan fingerprint density at radius 3 is 2.61 bits per heavy atom. The molecule has 0 spiro atoms. The summed E-state index contributed by atoms with van der Waals surface area (Å²) in [5.74, 6) is -0.304. The van der Waals surface area contributed by atoms with Gasteiger partial charge in [0.2, 0.25) is 0 Å². The quantitative estimate of drug-likeness (QED) is 0.539. The first kappa shape index (κ1) is 14.2. The molecule has 1 heterocycles. The number of hydrogen-bond donors (Lipinski definition) is 3. The Labute approximate surface area is 102 Å². The van der Waals surface area contributed by atoms with Crippen LogP contribution in [0.3, 0.4) is 0 Å². The SMILES string of the molecule is N=C(N)c1cccc(N(CCO)CC(F)(F)F)n1. The molecule has 5 nitrogen and oxygen atoms in total. The molecule has 1 aromatic heterocycles. The lowest BCUT2D eigenvalue weighted by Gasteiger charge is -2.24. The van der Waals surface area contributed by atoms with Crippen LogP contribution in [0.2, 0.25) is 0 Å². The fourth-order valence-electron chi connectivity index (χ4n) is 1.36. The van der Waals surface area contributed by atoms with E-state index >= 15 is 0 Å². The number of pyridine rings is 1. The van der Waals surface area contributed by atoms with Crippen LogP contribution in [0.15, 0.2) is 18.2 Å². The van der Waals surface area contributed by atoms with Crippen LogP contribution in [0.1, 0.15) is 5.69 Å². The molecule has 0 saturated carbocycles. The van der Waals surface area contributed by atoms with Crippen LogP contribution < -0.4 is 10.6 Å². The summed E-state index contributed by atoms with van der Waals surface area (Å²) in [7, 11) is 0. The van der Waals surface area contributed by atoms with Crippen molar-refractivity contribution in [3.8, 4) is 0 Å². The van der Waals surface area contributed by atoms with Gasteiger partial charge < -0.3 is 15.7 Å². The first-order chi connectivity index (χ1) is 8.33. The Morgan fingerprint density at radius 2 is 2.11 bits per heavy atom. The lowest BCUT2D eigenvalue weighted by molar-refractivity contribution is -0.120. The molecule has 0 amide bonds. The summed E-state index contributed by atoms with van der Waals surface area (Å²) < 4.78 is 37.1. The number of anilines is 1. The zero-order valence-corrected chi connectivity index (χ0v) is 9.41. The number of nitrogens with two attached hydrogens (primary N) is 1. The minimum atomic E-state index is -4.40. The zero-order valence-electron chi connectivity index (χ0n) is 9.41. The minimum absolute atomic E-state index is 0.0223. The Balaban J connectivity index is 2.98. The van der Waals surface area contributed by atoms with Crippen LogP contribution in [-0.4, -0.2) is 41.8 Å². The van der Waals surface area contributed by atoms with Crippen molar-refractivity contribution in [2.75, 3.05) is 24.6 Å². The van der Waals surface area contributed by atoms with Crippen molar-refractivity contribution < 1.29 is 18.3 Å². The van der Waals surface area contributed by atoms with Gasteiger partial charge >= 0.3 is 6.18 Å². The fourth-order valence-corrected chi connectivity index (χ4v) is 1.36. The van der Waals surface area contributed by atoms with E-state index in [1.807, 2.05) is 0 Å². The van der Waals surface area contributed by atoms with E-state index in [-0.39, 0.29) is 23.9 Å². The van der Waals surface area contributed by atoms with E-state index in [2.05, 4.69) is 4.98 Å². The zero-order chi connectivity index (χ0) is 13.8. The highest BCUT2D eigenvalue weighted by molar-refractivity contribution is 5.93. The minimum Gasteiger partial charge on any atom is -0.395 e. The molecule has 18 heavy (non-hydrogen) atoms. The number of nitrogens with one attached hydrogen (secondary N) is 1. The summed E-state index contributed by atoms with van der Waals surface area (Å²) in [6.07, 6.45) is -4.40. The number of aromatic nitrogens is 1. The Hall–Kier alpha value is -1.83. The standard InChI is InChI=1S/C10H13F3N4O/c11-10(12,13)6-17(4-5-18)8-3-1-2-7(16-8)9(14)15/h1-3,18H,4-6H2,(H3,14,15). The highest BCUT2D eigenvalue weighted by Gasteiger charge is 2.31. The predicted molar refractivity (Wildman–Crippen MR) is 60.6 cm³/mol. The third-order valence-electron chi connectivity index (χ3n) is 2.07. The number of alkyl halides is 3. The van der Waals surface area contributed by atoms with Gasteiger partial charge in [-0.1, -0.05) is 6.07 Å². The largest absolute Gasteiger partial charge is 0.405 e. The molecule has 0 aliphatic carbocycles. The van der Waals surface area contributed by atoms with Crippen molar-refractivity contribution in [2.24, 2.45) is 5.73 Å². The van der Waals surface area contributed by atoms with Crippen LogP contribution in [0.4, 0.5) is 19.0 Å². The molecule has 100 valence electrons. The highest BCUT2D eigenvalue weighted by Crippen LogP contribution is 2.20. The highest BCUT2D eigenvalue weighted by atomic mass is 19.4. The Kier molecular flexibility index (Phi) is 4.49. The number of nitrogen functional groups attached to an aromatic ring is 1. The smallest absolute Gasteiger partial charge is 0.395 e. The first-order valence-electron chi connectivity index (χ1n) is 5.07. The third kappa shape index (κ3) is 4.21. The topological polar surface area (TPSA) is 86.2 Å². The number of aliphatic hydroxyl groups is 1. The average molecular weight is 262 g/mol. The molecule has 1 aromatic rings. The van der Waals surface area contributed by atoms with Crippen LogP contribution in [0, 0.1) is 5.41 Å². The van der Waals surface area contributed by atoms with E-state index in [0.29, 0.717) is 0 Å². The molecule has 0 atom stereocenters. The van der Waals surface area contributed by atoms with Gasteiger partial charge in [0, 0.05) is 6.54 Å². The van der Waals surface area contributed by atoms with Crippen LogP contribution >= 0.6 is 0 Å². The second-order valence-electron chi connectivity index (χ2n) is 3.56. The van der Waals surface area contributed by atoms with Gasteiger partial charge in [-0.2, -0.15) is 13.2 Å². The lowest BCUT2D eigenvalue weighted by Crippen LogP contribution is -2.37. The van der Waals surface area contributed by atoms with Gasteiger partial charge in [-0.15, -0.1) is 0 Å². The summed E-state index contributed by atoms with van der Waals surface area (Å²) >= 11 is 0. The molecular formula is C10H13F3N4O. The molecule has 0 aliphatic heterocycles. The van der Waals surface area contributed by atoms with Crippen molar-refractivity contribution in [2.45, 2.75) is 6.18 Å². The molecule has 0 fully saturated rings. The number of nitrogens with zero attached hydrogens (tertiary/aromatic N) is 2. The Morgan fingerprint density at radius 1 is 1.44 bits per heavy atom. The summed E-state index contributed by atoms with van der Waals surface area (Å²) in [6, 6.07) is 4.25. The molecule has 0 aliphatic rings. The first-order valence-corrected chi connectivity index (χ1v) is 5.07. The van der Waals surface area contributed by atoms with Gasteiger partial charge in [-0.25, -0.2) is 4.98 Å². The maximum absolute atomic E-state index is 12.4. The van der Waals surface area contributed by atoms with E-state index in [4.69, 9.17) is 16.2 Å². The van der Waals surface area contributed by atoms with Crippen molar-refractivity contribution >= 4 is 11.7 Å². The number of rotatable bonds is 5. The molecule has 0 bridgehead atoms.